The number of likely N-dealkylation sites (tertiary alicyclic amines) is 1. The average molecular weight is 523 g/mol. The van der Waals surface area contributed by atoms with Gasteiger partial charge in [0.05, 0.1) is 0 Å². The maximum Gasteiger partial charge on any atom is 0.128 e. The van der Waals surface area contributed by atoms with Crippen molar-refractivity contribution in [3.05, 3.63) is 94.1 Å². The van der Waals surface area contributed by atoms with Crippen molar-refractivity contribution in [3.8, 4) is 22.6 Å². The van der Waals surface area contributed by atoms with Gasteiger partial charge in [0.25, 0.3) is 0 Å². The number of benzene rings is 3. The number of rotatable bonds is 10. The van der Waals surface area contributed by atoms with Gasteiger partial charge in [-0.25, -0.2) is 0 Å². The lowest BCUT2D eigenvalue weighted by atomic mass is 9.96. The number of allylic oxidation sites excluding steroid dienone is 1. The molecule has 4 heteroatoms. The van der Waals surface area contributed by atoms with E-state index in [9.17, 15) is 0 Å². The van der Waals surface area contributed by atoms with Gasteiger partial charge in [-0.2, -0.15) is 0 Å². The van der Waals surface area contributed by atoms with Crippen LogP contribution < -0.4 is 9.47 Å². The summed E-state index contributed by atoms with van der Waals surface area (Å²) in [6, 6.07) is 19.3. The summed E-state index contributed by atoms with van der Waals surface area (Å²) >= 11 is 0. The summed E-state index contributed by atoms with van der Waals surface area (Å²) in [6.45, 7) is 8.61. The third kappa shape index (κ3) is 6.45. The molecule has 3 aromatic rings. The number of fused-ring (bicyclic) bond motifs is 1. The highest BCUT2D eigenvalue weighted by Gasteiger charge is 2.26. The molecule has 0 atom stereocenters. The number of ether oxygens (including phenoxy) is 2. The molecule has 39 heavy (non-hydrogen) atoms. The first-order chi connectivity index (χ1) is 19.2. The minimum Gasteiger partial charge on any atom is -0.488 e. The zero-order valence-corrected chi connectivity index (χ0v) is 23.8. The van der Waals surface area contributed by atoms with Crippen molar-refractivity contribution in [1.29, 1.82) is 0 Å². The van der Waals surface area contributed by atoms with E-state index in [4.69, 9.17) is 9.47 Å². The standard InChI is InChI=1S/C35H42N2O2/c1-4-27(22-36-3)24-38-35-21-34(32-18-12-17-31(32)33(35)23-37-19-9-6-10-20-37)39-25-29-15-11-16-30(26(29)2)28-13-7-5-8-14-28/h4-5,7-8,11,13-16,21-22H,6,9-10,12,17-20,23-25H2,1-3H3/b27-4+,36-22?. The molecule has 0 unspecified atom stereocenters. The van der Waals surface area contributed by atoms with Gasteiger partial charge in [0, 0.05) is 37.0 Å². The Morgan fingerprint density at radius 2 is 1.69 bits per heavy atom. The first kappa shape index (κ1) is 27.2. The first-order valence-electron chi connectivity index (χ1n) is 14.5. The van der Waals surface area contributed by atoms with Gasteiger partial charge < -0.3 is 9.47 Å². The van der Waals surface area contributed by atoms with Crippen molar-refractivity contribution in [2.45, 2.75) is 65.5 Å². The van der Waals surface area contributed by atoms with E-state index in [-0.39, 0.29) is 0 Å². The molecule has 0 N–H and O–H groups in total. The smallest absolute Gasteiger partial charge is 0.128 e. The van der Waals surface area contributed by atoms with Crippen LogP contribution in [0.4, 0.5) is 0 Å². The van der Waals surface area contributed by atoms with Gasteiger partial charge >= 0.3 is 0 Å². The zero-order valence-electron chi connectivity index (χ0n) is 23.8. The van der Waals surface area contributed by atoms with E-state index >= 15 is 0 Å². The second-order valence-electron chi connectivity index (χ2n) is 10.8. The van der Waals surface area contributed by atoms with Crippen LogP contribution in [0.5, 0.6) is 11.5 Å². The Morgan fingerprint density at radius 1 is 0.897 bits per heavy atom. The van der Waals surface area contributed by atoms with E-state index in [1.807, 2.05) is 13.1 Å². The summed E-state index contributed by atoms with van der Waals surface area (Å²) in [7, 11) is 1.81. The van der Waals surface area contributed by atoms with Crippen LogP contribution in [0.3, 0.4) is 0 Å². The Hall–Kier alpha value is -3.37. The molecule has 0 amide bonds. The van der Waals surface area contributed by atoms with Crippen LogP contribution in [0.1, 0.15) is 60.4 Å². The molecule has 204 valence electrons. The number of piperidine rings is 1. The minimum atomic E-state index is 0.511. The molecule has 4 nitrogen and oxygen atoms in total. The molecule has 0 radical (unpaired) electrons. The second kappa shape index (κ2) is 13.1. The van der Waals surface area contributed by atoms with Gasteiger partial charge in [-0.05, 0) is 92.4 Å². The molecule has 1 saturated heterocycles. The predicted octanol–water partition coefficient (Wildman–Crippen LogP) is 7.74. The molecular weight excluding hydrogens is 480 g/mol. The maximum absolute atomic E-state index is 6.64. The first-order valence-corrected chi connectivity index (χ1v) is 14.5. The van der Waals surface area contributed by atoms with Crippen molar-refractivity contribution >= 4 is 6.21 Å². The van der Waals surface area contributed by atoms with Crippen LogP contribution in [0, 0.1) is 6.92 Å². The van der Waals surface area contributed by atoms with Gasteiger partial charge in [-0.15, -0.1) is 0 Å². The number of hydrogen-bond acceptors (Lipinski definition) is 4. The van der Waals surface area contributed by atoms with Crippen LogP contribution in [-0.2, 0) is 26.0 Å². The van der Waals surface area contributed by atoms with E-state index in [0.717, 1.165) is 36.5 Å². The predicted molar refractivity (Wildman–Crippen MR) is 162 cm³/mol. The van der Waals surface area contributed by atoms with E-state index in [1.165, 1.54) is 77.7 Å². The van der Waals surface area contributed by atoms with Crippen molar-refractivity contribution < 1.29 is 9.47 Å². The second-order valence-corrected chi connectivity index (χ2v) is 10.8. The molecule has 5 rings (SSSR count). The Bertz CT molecular complexity index is 1320. The Morgan fingerprint density at radius 3 is 2.46 bits per heavy atom. The summed E-state index contributed by atoms with van der Waals surface area (Å²) in [6.07, 6.45) is 11.2. The third-order valence-corrected chi connectivity index (χ3v) is 8.24. The molecule has 1 fully saturated rings. The fraction of sp³-hybridized carbons (Fsp3) is 0.400. The molecule has 0 saturated carbocycles. The highest BCUT2D eigenvalue weighted by Crippen LogP contribution is 2.41. The lowest BCUT2D eigenvalue weighted by Crippen LogP contribution is -2.29. The van der Waals surface area contributed by atoms with E-state index in [1.54, 1.807) is 7.05 Å². The number of nitrogens with zero attached hydrogens (tertiary/aromatic N) is 2. The number of aliphatic imine (C=N–C) groups is 1. The topological polar surface area (TPSA) is 34.1 Å². The summed E-state index contributed by atoms with van der Waals surface area (Å²) in [5.41, 5.74) is 10.3. The Balaban J connectivity index is 1.44. The molecular formula is C35H42N2O2. The fourth-order valence-corrected chi connectivity index (χ4v) is 6.01. The third-order valence-electron chi connectivity index (χ3n) is 8.24. The molecule has 2 aliphatic rings. The van der Waals surface area contributed by atoms with Crippen molar-refractivity contribution in [2.75, 3.05) is 26.7 Å². The van der Waals surface area contributed by atoms with Gasteiger partial charge in [-0.1, -0.05) is 61.0 Å². The monoisotopic (exact) mass is 522 g/mol. The van der Waals surface area contributed by atoms with Crippen molar-refractivity contribution in [3.63, 3.8) is 0 Å². The van der Waals surface area contributed by atoms with Gasteiger partial charge in [0.2, 0.25) is 0 Å². The number of hydrogen-bond donors (Lipinski definition) is 0. The van der Waals surface area contributed by atoms with Crippen LogP contribution in [0.15, 0.2) is 71.2 Å². The molecule has 1 heterocycles. The molecule has 0 aromatic heterocycles. The highest BCUT2D eigenvalue weighted by molar-refractivity contribution is 5.78. The van der Waals surface area contributed by atoms with E-state index in [0.29, 0.717) is 13.2 Å². The Labute approximate surface area is 234 Å². The van der Waals surface area contributed by atoms with Crippen LogP contribution in [-0.4, -0.2) is 37.9 Å². The van der Waals surface area contributed by atoms with Gasteiger partial charge in [-0.3, -0.25) is 9.89 Å². The molecule has 0 spiro atoms. The van der Waals surface area contributed by atoms with Gasteiger partial charge in [0.15, 0.2) is 0 Å². The van der Waals surface area contributed by atoms with Crippen LogP contribution >= 0.6 is 0 Å². The summed E-state index contributed by atoms with van der Waals surface area (Å²) < 4.78 is 13.2. The molecule has 0 bridgehead atoms. The normalized spacial score (nSPS) is 16.0. The van der Waals surface area contributed by atoms with Gasteiger partial charge in [0.1, 0.15) is 24.7 Å². The zero-order chi connectivity index (χ0) is 27.0. The van der Waals surface area contributed by atoms with Crippen molar-refractivity contribution in [2.24, 2.45) is 4.99 Å². The Kier molecular flexibility index (Phi) is 9.15. The molecule has 3 aromatic carbocycles. The van der Waals surface area contributed by atoms with E-state index < -0.39 is 0 Å². The summed E-state index contributed by atoms with van der Waals surface area (Å²) in [5.74, 6) is 1.95. The largest absolute Gasteiger partial charge is 0.488 e. The lowest BCUT2D eigenvalue weighted by Gasteiger charge is -2.29. The highest BCUT2D eigenvalue weighted by atomic mass is 16.5. The summed E-state index contributed by atoms with van der Waals surface area (Å²) in [5, 5.41) is 0. The molecule has 1 aliphatic heterocycles. The van der Waals surface area contributed by atoms with Crippen LogP contribution in [0.2, 0.25) is 0 Å². The SMILES string of the molecule is C/C=C(\C=NC)COc1cc(OCc2cccc(-c3ccccc3)c2C)c2c(c1CN1CCCCC1)CCC2. The quantitative estimate of drug-likeness (QED) is 0.255. The van der Waals surface area contributed by atoms with Crippen LogP contribution in [0.25, 0.3) is 11.1 Å². The minimum absolute atomic E-state index is 0.511. The molecule has 1 aliphatic carbocycles. The fourth-order valence-electron chi connectivity index (χ4n) is 6.01. The van der Waals surface area contributed by atoms with E-state index in [2.05, 4.69) is 77.5 Å². The summed E-state index contributed by atoms with van der Waals surface area (Å²) in [4.78, 5) is 6.81. The maximum atomic E-state index is 6.64. The lowest BCUT2D eigenvalue weighted by molar-refractivity contribution is 0.216. The van der Waals surface area contributed by atoms with Crippen molar-refractivity contribution in [1.82, 2.24) is 4.90 Å². The average Bonchev–Trinajstić information content (AvgIpc) is 3.47.